The van der Waals surface area contributed by atoms with Gasteiger partial charge in [0.2, 0.25) is 15.9 Å². The number of morpholine rings is 1. The zero-order valence-electron chi connectivity index (χ0n) is 15.4. The van der Waals surface area contributed by atoms with Crippen LogP contribution in [-0.4, -0.2) is 56.0 Å². The van der Waals surface area contributed by atoms with E-state index < -0.39 is 21.9 Å². The summed E-state index contributed by atoms with van der Waals surface area (Å²) in [4.78, 5) is 23.0. The molecule has 0 bridgehead atoms. The van der Waals surface area contributed by atoms with E-state index in [1.165, 1.54) is 46.8 Å². The fraction of sp³-hybridized carbons (Fsp3) is 0.200. The Morgan fingerprint density at radius 2 is 1.62 bits per heavy atom. The smallest absolute Gasteiger partial charge is 0.335 e. The van der Waals surface area contributed by atoms with Gasteiger partial charge in [-0.15, -0.1) is 0 Å². The zero-order chi connectivity index (χ0) is 20.9. The van der Waals surface area contributed by atoms with Crippen molar-refractivity contribution in [2.24, 2.45) is 0 Å². The van der Waals surface area contributed by atoms with Crippen molar-refractivity contribution in [1.82, 2.24) is 4.31 Å². The largest absolute Gasteiger partial charge is 0.478 e. The summed E-state index contributed by atoms with van der Waals surface area (Å²) < 4.78 is 31.7. The molecule has 2 aromatic carbocycles. The number of hydrogen-bond donors (Lipinski definition) is 2. The minimum Gasteiger partial charge on any atom is -0.478 e. The predicted molar refractivity (Wildman–Crippen MR) is 107 cm³/mol. The number of carbonyl (C=O) groups excluding carboxylic acids is 1. The van der Waals surface area contributed by atoms with Crippen molar-refractivity contribution in [1.29, 1.82) is 0 Å². The number of hydrogen-bond acceptors (Lipinski definition) is 5. The lowest BCUT2D eigenvalue weighted by Gasteiger charge is -2.26. The molecule has 0 saturated carbocycles. The molecule has 2 aromatic rings. The molecule has 1 fully saturated rings. The molecule has 152 valence electrons. The summed E-state index contributed by atoms with van der Waals surface area (Å²) in [5.41, 5.74) is 1.27. The van der Waals surface area contributed by atoms with Crippen LogP contribution in [0.15, 0.2) is 59.5 Å². The molecule has 0 spiro atoms. The van der Waals surface area contributed by atoms with E-state index in [9.17, 15) is 18.0 Å². The normalized spacial score (nSPS) is 15.3. The Bertz CT molecular complexity index is 1010. The van der Waals surface area contributed by atoms with E-state index in [1.807, 2.05) is 0 Å². The minimum absolute atomic E-state index is 0.130. The Morgan fingerprint density at radius 1 is 1.00 bits per heavy atom. The van der Waals surface area contributed by atoms with Gasteiger partial charge in [0.25, 0.3) is 0 Å². The first kappa shape index (κ1) is 20.7. The van der Waals surface area contributed by atoms with Crippen molar-refractivity contribution in [3.8, 4) is 0 Å². The number of ether oxygens (including phenoxy) is 1. The van der Waals surface area contributed by atoms with Gasteiger partial charge in [-0.05, 0) is 48.0 Å². The average Bonchev–Trinajstić information content (AvgIpc) is 2.73. The van der Waals surface area contributed by atoms with Gasteiger partial charge in [0.1, 0.15) is 0 Å². The highest BCUT2D eigenvalue weighted by atomic mass is 32.2. The summed E-state index contributed by atoms with van der Waals surface area (Å²) in [5, 5.41) is 11.5. The maximum Gasteiger partial charge on any atom is 0.335 e. The van der Waals surface area contributed by atoms with Crippen molar-refractivity contribution < 1.29 is 27.9 Å². The Kier molecular flexibility index (Phi) is 6.42. The highest BCUT2D eigenvalue weighted by Gasteiger charge is 2.25. The van der Waals surface area contributed by atoms with Crippen molar-refractivity contribution >= 4 is 33.7 Å². The number of anilines is 1. The van der Waals surface area contributed by atoms with Gasteiger partial charge in [-0.1, -0.05) is 12.1 Å². The zero-order valence-corrected chi connectivity index (χ0v) is 16.3. The second-order valence-electron chi connectivity index (χ2n) is 6.29. The van der Waals surface area contributed by atoms with Crippen LogP contribution in [0, 0.1) is 0 Å². The number of carboxylic acid groups (broad SMARTS) is 1. The van der Waals surface area contributed by atoms with E-state index >= 15 is 0 Å². The summed E-state index contributed by atoms with van der Waals surface area (Å²) in [6.45, 7) is 1.43. The van der Waals surface area contributed by atoms with E-state index in [-0.39, 0.29) is 10.5 Å². The second-order valence-corrected chi connectivity index (χ2v) is 8.23. The van der Waals surface area contributed by atoms with Crippen LogP contribution in [0.3, 0.4) is 0 Å². The fourth-order valence-corrected chi connectivity index (χ4v) is 4.15. The lowest BCUT2D eigenvalue weighted by Crippen LogP contribution is -2.40. The summed E-state index contributed by atoms with van der Waals surface area (Å²) >= 11 is 0. The lowest BCUT2D eigenvalue weighted by atomic mass is 10.2. The molecule has 2 N–H and O–H groups in total. The van der Waals surface area contributed by atoms with Crippen LogP contribution >= 0.6 is 0 Å². The molecule has 8 nitrogen and oxygen atoms in total. The Morgan fingerprint density at radius 3 is 2.21 bits per heavy atom. The summed E-state index contributed by atoms with van der Waals surface area (Å²) in [5.74, 6) is -1.43. The van der Waals surface area contributed by atoms with E-state index in [1.54, 1.807) is 18.2 Å². The van der Waals surface area contributed by atoms with Gasteiger partial charge >= 0.3 is 5.97 Å². The van der Waals surface area contributed by atoms with Gasteiger partial charge in [0.05, 0.1) is 23.7 Å². The van der Waals surface area contributed by atoms with Crippen LogP contribution in [0.4, 0.5) is 5.69 Å². The number of carboxylic acids is 1. The molecule has 0 radical (unpaired) electrons. The maximum absolute atomic E-state index is 12.6. The monoisotopic (exact) mass is 416 g/mol. The number of benzene rings is 2. The lowest BCUT2D eigenvalue weighted by molar-refractivity contribution is -0.111. The van der Waals surface area contributed by atoms with Crippen LogP contribution in [0.25, 0.3) is 6.08 Å². The van der Waals surface area contributed by atoms with E-state index in [2.05, 4.69) is 5.32 Å². The van der Waals surface area contributed by atoms with Gasteiger partial charge in [-0.2, -0.15) is 4.31 Å². The highest BCUT2D eigenvalue weighted by Crippen LogP contribution is 2.18. The second kappa shape index (κ2) is 8.99. The first-order valence-electron chi connectivity index (χ1n) is 8.87. The predicted octanol–water partition coefficient (Wildman–Crippen LogP) is 2.06. The molecule has 1 heterocycles. The van der Waals surface area contributed by atoms with E-state index in [4.69, 9.17) is 9.84 Å². The number of nitrogens with one attached hydrogen (secondary N) is 1. The standard InChI is InChI=1S/C20H20N2O6S/c23-19(21-17-6-4-16(5-7-17)20(24)25)10-3-15-1-8-18(9-2-15)29(26,27)22-11-13-28-14-12-22/h1-10H,11-14H2,(H,21,23)(H,24,25)/b10-3-. The Labute approximate surface area is 168 Å². The summed E-state index contributed by atoms with van der Waals surface area (Å²) in [7, 11) is -3.55. The Hall–Kier alpha value is -3.01. The van der Waals surface area contributed by atoms with Crippen LogP contribution in [0.2, 0.25) is 0 Å². The highest BCUT2D eigenvalue weighted by molar-refractivity contribution is 7.89. The molecule has 1 aliphatic rings. The van der Waals surface area contributed by atoms with E-state index in [0.29, 0.717) is 37.6 Å². The molecule has 9 heteroatoms. The molecular formula is C20H20N2O6S. The topological polar surface area (TPSA) is 113 Å². The van der Waals surface area contributed by atoms with Crippen molar-refractivity contribution in [3.63, 3.8) is 0 Å². The number of amides is 1. The van der Waals surface area contributed by atoms with Gasteiger partial charge < -0.3 is 15.2 Å². The molecule has 0 atom stereocenters. The quantitative estimate of drug-likeness (QED) is 0.697. The van der Waals surface area contributed by atoms with Gasteiger partial charge in [0, 0.05) is 24.9 Å². The SMILES string of the molecule is O=C(/C=C\c1ccc(S(=O)(=O)N2CCOCC2)cc1)Nc1ccc(C(=O)O)cc1. The first-order chi connectivity index (χ1) is 13.9. The molecule has 29 heavy (non-hydrogen) atoms. The average molecular weight is 416 g/mol. The molecule has 1 saturated heterocycles. The third kappa shape index (κ3) is 5.29. The number of nitrogens with zero attached hydrogens (tertiary/aromatic N) is 1. The third-order valence-corrected chi connectivity index (χ3v) is 6.23. The Balaban J connectivity index is 1.62. The third-order valence-electron chi connectivity index (χ3n) is 4.31. The maximum atomic E-state index is 12.6. The number of aromatic carboxylic acids is 1. The summed E-state index contributed by atoms with van der Waals surface area (Å²) in [6.07, 6.45) is 2.88. The number of sulfonamides is 1. The molecule has 1 aliphatic heterocycles. The van der Waals surface area contributed by atoms with Crippen LogP contribution in [0.1, 0.15) is 15.9 Å². The van der Waals surface area contributed by atoms with Crippen molar-refractivity contribution in [2.45, 2.75) is 4.90 Å². The van der Waals surface area contributed by atoms with Gasteiger partial charge in [-0.3, -0.25) is 4.79 Å². The fourth-order valence-electron chi connectivity index (χ4n) is 2.74. The van der Waals surface area contributed by atoms with E-state index in [0.717, 1.165) is 0 Å². The first-order valence-corrected chi connectivity index (χ1v) is 10.3. The van der Waals surface area contributed by atoms with Gasteiger partial charge in [0.15, 0.2) is 0 Å². The molecule has 0 unspecified atom stereocenters. The number of rotatable bonds is 6. The van der Waals surface area contributed by atoms with Crippen LogP contribution in [-0.2, 0) is 19.6 Å². The molecule has 0 aromatic heterocycles. The summed E-state index contributed by atoms with van der Waals surface area (Å²) in [6, 6.07) is 12.1. The van der Waals surface area contributed by atoms with Crippen molar-refractivity contribution in [3.05, 3.63) is 65.7 Å². The molecule has 3 rings (SSSR count). The van der Waals surface area contributed by atoms with Crippen LogP contribution < -0.4 is 5.32 Å². The molecule has 1 amide bonds. The minimum atomic E-state index is -3.55. The molecule has 0 aliphatic carbocycles. The number of carbonyl (C=O) groups is 2. The van der Waals surface area contributed by atoms with Crippen LogP contribution in [0.5, 0.6) is 0 Å². The van der Waals surface area contributed by atoms with Crippen molar-refractivity contribution in [2.75, 3.05) is 31.6 Å². The molecular weight excluding hydrogens is 396 g/mol. The van der Waals surface area contributed by atoms with Gasteiger partial charge in [-0.25, -0.2) is 13.2 Å².